The number of nitrogens with zero attached hydrogens (tertiary/aromatic N) is 4. The van der Waals surface area contributed by atoms with Crippen LogP contribution >= 0.6 is 0 Å². The van der Waals surface area contributed by atoms with Gasteiger partial charge in [-0.3, -0.25) is 0 Å². The number of nitrogen functional groups attached to an aromatic ring is 1. The van der Waals surface area contributed by atoms with Gasteiger partial charge in [0, 0.05) is 17.8 Å². The Morgan fingerprint density at radius 3 is 2.62 bits per heavy atom. The summed E-state index contributed by atoms with van der Waals surface area (Å²) in [4.78, 5) is 8.58. The minimum Gasteiger partial charge on any atom is -0.493 e. The Labute approximate surface area is 150 Å². The van der Waals surface area contributed by atoms with Crippen molar-refractivity contribution in [3.63, 3.8) is 0 Å². The first kappa shape index (κ1) is 17.3. The average Bonchev–Trinajstić information content (AvgIpc) is 3.02. The van der Waals surface area contributed by atoms with E-state index >= 15 is 0 Å². The molecule has 0 bridgehead atoms. The molecule has 0 aliphatic rings. The number of hydrogen-bond acceptors (Lipinski definition) is 8. The quantitative estimate of drug-likeness (QED) is 0.664. The Bertz CT molecular complexity index is 896. The second-order valence-corrected chi connectivity index (χ2v) is 5.17. The SMILES string of the molecule is CCOc1cccc(-n2nc(Nc3ccc(OC)c(OC)c3)nc2N)n1. The lowest BCUT2D eigenvalue weighted by Crippen LogP contribution is -2.05. The molecule has 3 aromatic rings. The Balaban J connectivity index is 1.85. The first-order chi connectivity index (χ1) is 12.6. The Kier molecular flexibility index (Phi) is 5.07. The maximum atomic E-state index is 5.98. The maximum absolute atomic E-state index is 5.98. The van der Waals surface area contributed by atoms with E-state index in [1.54, 1.807) is 38.5 Å². The van der Waals surface area contributed by atoms with E-state index in [9.17, 15) is 0 Å². The van der Waals surface area contributed by atoms with Crippen molar-refractivity contribution in [3.8, 4) is 23.2 Å². The molecule has 0 aliphatic heterocycles. The molecule has 0 amide bonds. The molecule has 0 atom stereocenters. The summed E-state index contributed by atoms with van der Waals surface area (Å²) in [6, 6.07) is 10.7. The summed E-state index contributed by atoms with van der Waals surface area (Å²) in [6.07, 6.45) is 0. The number of benzene rings is 1. The molecule has 9 heteroatoms. The van der Waals surface area contributed by atoms with Crippen LogP contribution in [0.1, 0.15) is 6.92 Å². The number of aromatic nitrogens is 4. The molecule has 3 rings (SSSR count). The fourth-order valence-corrected chi connectivity index (χ4v) is 2.34. The lowest BCUT2D eigenvalue weighted by atomic mass is 10.3. The van der Waals surface area contributed by atoms with Gasteiger partial charge in [-0.1, -0.05) is 6.07 Å². The van der Waals surface area contributed by atoms with Crippen LogP contribution < -0.4 is 25.3 Å². The highest BCUT2D eigenvalue weighted by Crippen LogP contribution is 2.30. The molecule has 0 radical (unpaired) electrons. The zero-order valence-corrected chi connectivity index (χ0v) is 14.8. The molecule has 9 nitrogen and oxygen atoms in total. The molecule has 2 heterocycles. The molecule has 136 valence electrons. The third kappa shape index (κ3) is 3.61. The molecule has 0 unspecified atom stereocenters. The number of ether oxygens (including phenoxy) is 3. The number of nitrogens with one attached hydrogen (secondary N) is 1. The van der Waals surface area contributed by atoms with Gasteiger partial charge in [-0.15, -0.1) is 5.10 Å². The standard InChI is InChI=1S/C17H20N6O3/c1-4-26-15-7-5-6-14(20-15)23-16(18)21-17(22-23)19-11-8-9-12(24-2)13(10-11)25-3/h5-10H,4H2,1-3H3,(H3,18,19,21,22). The second-order valence-electron chi connectivity index (χ2n) is 5.17. The second kappa shape index (κ2) is 7.60. The summed E-state index contributed by atoms with van der Waals surface area (Å²) in [5, 5.41) is 7.44. The van der Waals surface area contributed by atoms with Gasteiger partial charge in [-0.25, -0.2) is 0 Å². The van der Waals surface area contributed by atoms with Crippen LogP contribution in [0.5, 0.6) is 17.4 Å². The van der Waals surface area contributed by atoms with Crippen molar-refractivity contribution in [1.82, 2.24) is 19.7 Å². The van der Waals surface area contributed by atoms with Gasteiger partial charge in [-0.05, 0) is 25.1 Å². The van der Waals surface area contributed by atoms with E-state index < -0.39 is 0 Å². The molecule has 0 saturated heterocycles. The van der Waals surface area contributed by atoms with Crippen LogP contribution in [0, 0.1) is 0 Å². The monoisotopic (exact) mass is 356 g/mol. The lowest BCUT2D eigenvalue weighted by molar-refractivity contribution is 0.326. The summed E-state index contributed by atoms with van der Waals surface area (Å²) in [5.41, 5.74) is 6.71. The van der Waals surface area contributed by atoms with Crippen molar-refractivity contribution in [2.45, 2.75) is 6.92 Å². The summed E-state index contributed by atoms with van der Waals surface area (Å²) in [7, 11) is 3.15. The molecule has 2 aromatic heterocycles. The third-order valence-corrected chi connectivity index (χ3v) is 3.49. The lowest BCUT2D eigenvalue weighted by Gasteiger charge is -2.09. The number of rotatable bonds is 7. The smallest absolute Gasteiger partial charge is 0.248 e. The zero-order chi connectivity index (χ0) is 18.5. The zero-order valence-electron chi connectivity index (χ0n) is 14.8. The van der Waals surface area contributed by atoms with E-state index in [0.29, 0.717) is 35.8 Å². The number of pyridine rings is 1. The molecular weight excluding hydrogens is 336 g/mol. The molecule has 1 aromatic carbocycles. The van der Waals surface area contributed by atoms with Crippen molar-refractivity contribution in [1.29, 1.82) is 0 Å². The van der Waals surface area contributed by atoms with Gasteiger partial charge in [0.2, 0.25) is 17.8 Å². The fourth-order valence-electron chi connectivity index (χ4n) is 2.34. The molecule has 0 aliphatic carbocycles. The summed E-state index contributed by atoms with van der Waals surface area (Å²) in [5.74, 6) is 2.77. The molecule has 3 N–H and O–H groups in total. The molecular formula is C17H20N6O3. The van der Waals surface area contributed by atoms with Crippen molar-refractivity contribution in [2.75, 3.05) is 31.9 Å². The van der Waals surface area contributed by atoms with Crippen LogP contribution in [0.3, 0.4) is 0 Å². The maximum Gasteiger partial charge on any atom is 0.248 e. The number of anilines is 3. The predicted octanol–water partition coefficient (Wildman–Crippen LogP) is 2.40. The van der Waals surface area contributed by atoms with Crippen molar-refractivity contribution in [2.24, 2.45) is 0 Å². The van der Waals surface area contributed by atoms with E-state index in [4.69, 9.17) is 19.9 Å². The molecule has 0 fully saturated rings. The van der Waals surface area contributed by atoms with Crippen LogP contribution in [0.15, 0.2) is 36.4 Å². The number of nitrogens with two attached hydrogens (primary N) is 1. The van der Waals surface area contributed by atoms with Crippen molar-refractivity contribution >= 4 is 17.6 Å². The van der Waals surface area contributed by atoms with Crippen LogP contribution in [0.4, 0.5) is 17.6 Å². The highest BCUT2D eigenvalue weighted by molar-refractivity contribution is 5.60. The highest BCUT2D eigenvalue weighted by Gasteiger charge is 2.12. The molecule has 0 saturated carbocycles. The Hall–Kier alpha value is -3.49. The summed E-state index contributed by atoms with van der Waals surface area (Å²) < 4.78 is 17.4. The normalized spacial score (nSPS) is 10.4. The average molecular weight is 356 g/mol. The van der Waals surface area contributed by atoms with Gasteiger partial charge in [0.05, 0.1) is 20.8 Å². The minimum absolute atomic E-state index is 0.203. The fraction of sp³-hybridized carbons (Fsp3) is 0.235. The number of methoxy groups -OCH3 is 2. The van der Waals surface area contributed by atoms with Crippen LogP contribution in [0.2, 0.25) is 0 Å². The Morgan fingerprint density at radius 2 is 1.88 bits per heavy atom. The van der Waals surface area contributed by atoms with E-state index in [-0.39, 0.29) is 5.95 Å². The highest BCUT2D eigenvalue weighted by atomic mass is 16.5. The van der Waals surface area contributed by atoms with Gasteiger partial charge in [-0.2, -0.15) is 14.6 Å². The third-order valence-electron chi connectivity index (χ3n) is 3.49. The van der Waals surface area contributed by atoms with Crippen LogP contribution in [0.25, 0.3) is 5.82 Å². The van der Waals surface area contributed by atoms with E-state index in [1.165, 1.54) is 4.68 Å². The predicted molar refractivity (Wildman–Crippen MR) is 97.6 cm³/mol. The summed E-state index contributed by atoms with van der Waals surface area (Å²) >= 11 is 0. The van der Waals surface area contributed by atoms with Crippen molar-refractivity contribution < 1.29 is 14.2 Å². The van der Waals surface area contributed by atoms with Gasteiger partial charge in [0.1, 0.15) is 0 Å². The topological polar surface area (TPSA) is 109 Å². The Morgan fingerprint density at radius 1 is 1.08 bits per heavy atom. The largest absolute Gasteiger partial charge is 0.493 e. The van der Waals surface area contributed by atoms with Gasteiger partial charge >= 0.3 is 0 Å². The van der Waals surface area contributed by atoms with E-state index in [1.807, 2.05) is 19.1 Å². The van der Waals surface area contributed by atoms with Crippen molar-refractivity contribution in [3.05, 3.63) is 36.4 Å². The van der Waals surface area contributed by atoms with E-state index in [2.05, 4.69) is 20.4 Å². The minimum atomic E-state index is 0.203. The van der Waals surface area contributed by atoms with Crippen LogP contribution in [-0.2, 0) is 0 Å². The van der Waals surface area contributed by atoms with Gasteiger partial charge in [0.25, 0.3) is 0 Å². The number of hydrogen-bond donors (Lipinski definition) is 2. The molecule has 0 spiro atoms. The first-order valence-electron chi connectivity index (χ1n) is 7.96. The first-order valence-corrected chi connectivity index (χ1v) is 7.96. The van der Waals surface area contributed by atoms with Gasteiger partial charge in [0.15, 0.2) is 17.3 Å². The van der Waals surface area contributed by atoms with E-state index in [0.717, 1.165) is 5.69 Å². The van der Waals surface area contributed by atoms with Gasteiger partial charge < -0.3 is 25.3 Å². The molecule has 26 heavy (non-hydrogen) atoms. The van der Waals surface area contributed by atoms with Crippen LogP contribution in [-0.4, -0.2) is 40.6 Å². The summed E-state index contributed by atoms with van der Waals surface area (Å²) in [6.45, 7) is 2.42.